The number of aromatic nitrogens is 3. The number of hydrogen-bond donors (Lipinski definition) is 2. The fraction of sp³-hybridized carbons (Fsp3) is 0.211. The molecule has 1 aliphatic rings. The number of carbonyl (C=O) groups excluding carboxylic acids is 1. The highest BCUT2D eigenvalue weighted by Gasteiger charge is 2.30. The molecular weight excluding hydrogens is 314 g/mol. The van der Waals surface area contributed by atoms with E-state index in [4.69, 9.17) is 0 Å². The number of likely N-dealkylation sites (N-methyl/N-ethyl adjacent to an activating group) is 1. The lowest BCUT2D eigenvalue weighted by molar-refractivity contribution is 0.0951. The topological polar surface area (TPSA) is 73.9 Å². The van der Waals surface area contributed by atoms with Crippen LogP contribution in [-0.2, 0) is 6.54 Å². The van der Waals surface area contributed by atoms with Crippen molar-refractivity contribution in [3.63, 3.8) is 0 Å². The second-order valence-corrected chi connectivity index (χ2v) is 6.25. The van der Waals surface area contributed by atoms with Crippen molar-refractivity contribution in [2.75, 3.05) is 18.5 Å². The Labute approximate surface area is 145 Å². The van der Waals surface area contributed by atoms with Crippen LogP contribution in [-0.4, -0.2) is 34.7 Å². The number of nitrogens with one attached hydrogen (secondary N) is 2. The first kappa shape index (κ1) is 15.4. The van der Waals surface area contributed by atoms with Crippen LogP contribution in [0.3, 0.4) is 0 Å². The van der Waals surface area contributed by atoms with E-state index >= 15 is 0 Å². The van der Waals surface area contributed by atoms with Crippen molar-refractivity contribution in [3.8, 4) is 0 Å². The summed E-state index contributed by atoms with van der Waals surface area (Å²) >= 11 is 0. The van der Waals surface area contributed by atoms with Crippen molar-refractivity contribution in [3.05, 3.63) is 77.4 Å². The third-order valence-corrected chi connectivity index (χ3v) is 4.59. The van der Waals surface area contributed by atoms with Crippen LogP contribution in [0.4, 0.5) is 5.69 Å². The number of rotatable bonds is 4. The highest BCUT2D eigenvalue weighted by molar-refractivity contribution is 5.95. The number of H-pyrrole nitrogens is 1. The minimum absolute atomic E-state index is 0.0717. The summed E-state index contributed by atoms with van der Waals surface area (Å²) in [5.74, 6) is 0.856. The van der Waals surface area contributed by atoms with Gasteiger partial charge in [0.15, 0.2) is 0 Å². The molecule has 0 saturated heterocycles. The van der Waals surface area contributed by atoms with Crippen LogP contribution >= 0.6 is 0 Å². The van der Waals surface area contributed by atoms with E-state index < -0.39 is 0 Å². The molecule has 1 amide bonds. The predicted molar refractivity (Wildman–Crippen MR) is 95.5 cm³/mol. The second-order valence-electron chi connectivity index (χ2n) is 6.25. The number of nitrogens with zero attached hydrogens (tertiary/aromatic N) is 3. The number of amides is 1. The van der Waals surface area contributed by atoms with Gasteiger partial charge in [-0.05, 0) is 29.3 Å². The molecule has 6 heteroatoms. The van der Waals surface area contributed by atoms with E-state index in [-0.39, 0.29) is 11.8 Å². The number of fused-ring (bicyclic) bond motifs is 1. The Morgan fingerprint density at radius 3 is 2.88 bits per heavy atom. The van der Waals surface area contributed by atoms with E-state index in [2.05, 4.69) is 25.4 Å². The Hall–Kier alpha value is -3.15. The van der Waals surface area contributed by atoms with Gasteiger partial charge in [0.05, 0.1) is 5.92 Å². The van der Waals surface area contributed by atoms with E-state index in [1.54, 1.807) is 0 Å². The zero-order chi connectivity index (χ0) is 17.2. The Bertz CT molecular complexity index is 876. The van der Waals surface area contributed by atoms with Crippen molar-refractivity contribution >= 4 is 11.6 Å². The summed E-state index contributed by atoms with van der Waals surface area (Å²) in [6.07, 6.45) is 1.52. The van der Waals surface area contributed by atoms with E-state index in [1.165, 1.54) is 6.33 Å². The molecule has 126 valence electrons. The van der Waals surface area contributed by atoms with Crippen molar-refractivity contribution < 1.29 is 4.79 Å². The standard InChI is InChI=1S/C19H19N5O/c1-24-11-16(18-21-12-22-23-18)15-9-14(7-8-17(15)24)19(25)20-10-13-5-3-2-4-6-13/h2-9,12,16H,10-11H2,1H3,(H,20,25)(H,21,22,23). The normalized spacial score (nSPS) is 15.9. The molecule has 1 aliphatic heterocycles. The average Bonchev–Trinajstić information content (AvgIpc) is 3.28. The van der Waals surface area contributed by atoms with Crippen LogP contribution in [0.2, 0.25) is 0 Å². The maximum absolute atomic E-state index is 12.5. The van der Waals surface area contributed by atoms with E-state index in [1.807, 2.05) is 55.6 Å². The first-order valence-electron chi connectivity index (χ1n) is 8.25. The summed E-state index contributed by atoms with van der Waals surface area (Å²) < 4.78 is 0. The molecule has 1 atom stereocenters. The fourth-order valence-corrected chi connectivity index (χ4v) is 3.29. The molecule has 0 saturated carbocycles. The molecular formula is C19H19N5O. The summed E-state index contributed by atoms with van der Waals surface area (Å²) in [6.45, 7) is 1.34. The molecule has 1 unspecified atom stereocenters. The first-order chi connectivity index (χ1) is 12.2. The van der Waals surface area contributed by atoms with Gasteiger partial charge < -0.3 is 10.2 Å². The minimum atomic E-state index is -0.0717. The first-order valence-corrected chi connectivity index (χ1v) is 8.25. The SMILES string of the molecule is CN1CC(c2ncn[nH]2)c2cc(C(=O)NCc3ccccc3)ccc21. The highest BCUT2D eigenvalue weighted by Crippen LogP contribution is 2.38. The number of hydrogen-bond acceptors (Lipinski definition) is 4. The van der Waals surface area contributed by atoms with Crippen LogP contribution in [0.25, 0.3) is 0 Å². The molecule has 25 heavy (non-hydrogen) atoms. The van der Waals surface area contributed by atoms with Gasteiger partial charge >= 0.3 is 0 Å². The van der Waals surface area contributed by atoms with Gasteiger partial charge in [-0.2, -0.15) is 5.10 Å². The zero-order valence-electron chi connectivity index (χ0n) is 13.9. The maximum Gasteiger partial charge on any atom is 0.251 e. The summed E-state index contributed by atoms with van der Waals surface area (Å²) in [7, 11) is 2.05. The molecule has 1 aromatic heterocycles. The lowest BCUT2D eigenvalue weighted by atomic mass is 9.98. The van der Waals surface area contributed by atoms with Crippen molar-refractivity contribution in [2.45, 2.75) is 12.5 Å². The molecule has 2 aromatic carbocycles. The van der Waals surface area contributed by atoms with E-state index in [9.17, 15) is 4.79 Å². The maximum atomic E-state index is 12.5. The van der Waals surface area contributed by atoms with Crippen molar-refractivity contribution in [1.29, 1.82) is 0 Å². The number of anilines is 1. The third kappa shape index (κ3) is 2.98. The second kappa shape index (κ2) is 6.39. The summed E-state index contributed by atoms with van der Waals surface area (Å²) in [5.41, 5.74) is 3.97. The number of carbonyl (C=O) groups is 1. The molecule has 2 heterocycles. The van der Waals surface area contributed by atoms with Crippen LogP contribution in [0.1, 0.15) is 33.2 Å². The van der Waals surface area contributed by atoms with Crippen LogP contribution in [0.15, 0.2) is 54.9 Å². The summed E-state index contributed by atoms with van der Waals surface area (Å²) in [5, 5.41) is 9.88. The van der Waals surface area contributed by atoms with Crippen molar-refractivity contribution in [2.24, 2.45) is 0 Å². The van der Waals surface area contributed by atoms with Crippen LogP contribution in [0.5, 0.6) is 0 Å². The van der Waals surface area contributed by atoms with Crippen LogP contribution < -0.4 is 10.2 Å². The molecule has 0 radical (unpaired) electrons. The lowest BCUT2D eigenvalue weighted by Gasteiger charge is -2.12. The summed E-state index contributed by atoms with van der Waals surface area (Å²) in [4.78, 5) is 19.0. The molecule has 0 aliphatic carbocycles. The largest absolute Gasteiger partial charge is 0.373 e. The lowest BCUT2D eigenvalue weighted by Crippen LogP contribution is -2.22. The van der Waals surface area contributed by atoms with Gasteiger partial charge in [0.2, 0.25) is 0 Å². The number of benzene rings is 2. The van der Waals surface area contributed by atoms with E-state index in [0.717, 1.165) is 29.2 Å². The quantitative estimate of drug-likeness (QED) is 0.768. The monoisotopic (exact) mass is 333 g/mol. The van der Waals surface area contributed by atoms with Crippen LogP contribution in [0, 0.1) is 0 Å². The van der Waals surface area contributed by atoms with Gasteiger partial charge in [-0.15, -0.1) is 0 Å². The predicted octanol–water partition coefficient (Wildman–Crippen LogP) is 2.32. The Kier molecular flexibility index (Phi) is 3.93. The van der Waals surface area contributed by atoms with E-state index in [0.29, 0.717) is 12.1 Å². The van der Waals surface area contributed by atoms with Gasteiger partial charge in [0, 0.05) is 31.4 Å². The molecule has 2 N–H and O–H groups in total. The Morgan fingerprint density at radius 2 is 2.12 bits per heavy atom. The fourth-order valence-electron chi connectivity index (χ4n) is 3.29. The zero-order valence-corrected chi connectivity index (χ0v) is 13.9. The van der Waals surface area contributed by atoms with Gasteiger partial charge in [0.1, 0.15) is 12.2 Å². The average molecular weight is 333 g/mol. The number of aromatic amines is 1. The molecule has 0 fully saturated rings. The Morgan fingerprint density at radius 1 is 1.28 bits per heavy atom. The van der Waals surface area contributed by atoms with Gasteiger partial charge in [-0.3, -0.25) is 9.89 Å². The molecule has 0 spiro atoms. The molecule has 3 aromatic rings. The summed E-state index contributed by atoms with van der Waals surface area (Å²) in [6, 6.07) is 15.7. The highest BCUT2D eigenvalue weighted by atomic mass is 16.1. The third-order valence-electron chi connectivity index (χ3n) is 4.59. The smallest absolute Gasteiger partial charge is 0.251 e. The molecule has 0 bridgehead atoms. The minimum Gasteiger partial charge on any atom is -0.373 e. The molecule has 4 rings (SSSR count). The van der Waals surface area contributed by atoms with Gasteiger partial charge in [0.25, 0.3) is 5.91 Å². The van der Waals surface area contributed by atoms with Gasteiger partial charge in [-0.25, -0.2) is 4.98 Å². The molecule has 6 nitrogen and oxygen atoms in total. The van der Waals surface area contributed by atoms with Crippen molar-refractivity contribution in [1.82, 2.24) is 20.5 Å². The Balaban J connectivity index is 1.56. The van der Waals surface area contributed by atoms with Gasteiger partial charge in [-0.1, -0.05) is 30.3 Å².